The molecule has 2 aromatic rings. The van der Waals surface area contributed by atoms with Gasteiger partial charge in [0.25, 0.3) is 5.91 Å². The monoisotopic (exact) mass is 341 g/mol. The van der Waals surface area contributed by atoms with Gasteiger partial charge in [0.05, 0.1) is 5.69 Å². The van der Waals surface area contributed by atoms with Crippen LogP contribution in [0.1, 0.15) is 22.6 Å². The van der Waals surface area contributed by atoms with E-state index in [1.54, 1.807) is 0 Å². The summed E-state index contributed by atoms with van der Waals surface area (Å²) in [4.78, 5) is 17.0. The molecule has 4 rings (SSSR count). The third-order valence-corrected chi connectivity index (χ3v) is 5.17. The summed E-state index contributed by atoms with van der Waals surface area (Å²) in [7, 11) is 0. The van der Waals surface area contributed by atoms with E-state index < -0.39 is 0 Å². The number of benzene rings is 1. The van der Waals surface area contributed by atoms with Crippen molar-refractivity contribution in [1.29, 1.82) is 0 Å². The molecule has 0 spiro atoms. The van der Waals surface area contributed by atoms with E-state index in [2.05, 4.69) is 10.1 Å². The summed E-state index contributed by atoms with van der Waals surface area (Å²) in [6.45, 7) is 7.93. The van der Waals surface area contributed by atoms with Gasteiger partial charge in [0.15, 0.2) is 6.10 Å². The first-order chi connectivity index (χ1) is 12.1. The molecule has 1 saturated heterocycles. The molecule has 0 aliphatic carbocycles. The molecular weight excluding hydrogens is 318 g/mol. The summed E-state index contributed by atoms with van der Waals surface area (Å²) in [5.41, 5.74) is 3.24. The summed E-state index contributed by atoms with van der Waals surface area (Å²) in [6, 6.07) is 7.90. The largest absolute Gasteiger partial charge is 0.480 e. The van der Waals surface area contributed by atoms with Gasteiger partial charge in [-0.3, -0.25) is 9.69 Å². The molecule has 0 radical (unpaired) electrons. The molecule has 0 saturated carbocycles. The zero-order chi connectivity index (χ0) is 17.4. The lowest BCUT2D eigenvalue weighted by molar-refractivity contribution is -0.139. The van der Waals surface area contributed by atoms with Crippen molar-refractivity contribution in [3.63, 3.8) is 0 Å². The number of aryl methyl sites for hydroxylation is 2. The molecule has 0 bridgehead atoms. The van der Waals surface area contributed by atoms with Crippen LogP contribution in [-0.2, 0) is 17.8 Å². The molecule has 3 heterocycles. The predicted molar refractivity (Wildman–Crippen MR) is 92.4 cm³/mol. The van der Waals surface area contributed by atoms with Crippen molar-refractivity contribution in [3.05, 3.63) is 46.8 Å². The second-order valence-corrected chi connectivity index (χ2v) is 6.82. The topological polar surface area (TPSA) is 58.8 Å². The minimum atomic E-state index is -0.369. The Morgan fingerprint density at radius 3 is 2.64 bits per heavy atom. The molecule has 1 amide bonds. The normalized spacial score (nSPS) is 20.4. The maximum Gasteiger partial charge on any atom is 0.264 e. The summed E-state index contributed by atoms with van der Waals surface area (Å²) in [6.07, 6.45) is 0.306. The third-order valence-electron chi connectivity index (χ3n) is 5.17. The van der Waals surface area contributed by atoms with Crippen molar-refractivity contribution in [1.82, 2.24) is 15.0 Å². The molecule has 0 N–H and O–H groups in total. The van der Waals surface area contributed by atoms with Crippen molar-refractivity contribution in [2.75, 3.05) is 26.2 Å². The number of carbonyl (C=O) groups is 1. The van der Waals surface area contributed by atoms with E-state index in [0.29, 0.717) is 6.42 Å². The lowest BCUT2D eigenvalue weighted by atomic mass is 10.1. The second-order valence-electron chi connectivity index (χ2n) is 6.82. The number of nitrogens with zero attached hydrogens (tertiary/aromatic N) is 3. The molecule has 1 atom stereocenters. The van der Waals surface area contributed by atoms with Crippen LogP contribution in [0.15, 0.2) is 28.8 Å². The molecule has 1 aromatic carbocycles. The average molecular weight is 341 g/mol. The van der Waals surface area contributed by atoms with Crippen LogP contribution in [0.2, 0.25) is 0 Å². The Kier molecular flexibility index (Phi) is 4.21. The molecule has 0 unspecified atom stereocenters. The van der Waals surface area contributed by atoms with Gasteiger partial charge in [0.2, 0.25) is 0 Å². The Morgan fingerprint density at radius 1 is 1.20 bits per heavy atom. The number of amides is 1. The molecule has 132 valence electrons. The number of hydrogen-bond donors (Lipinski definition) is 0. The lowest BCUT2D eigenvalue weighted by Crippen LogP contribution is -2.52. The average Bonchev–Trinajstić information content (AvgIpc) is 3.20. The first-order valence-electron chi connectivity index (χ1n) is 8.79. The first kappa shape index (κ1) is 16.1. The Labute approximate surface area is 147 Å². The fraction of sp³-hybridized carbons (Fsp3) is 0.474. The first-order valence-corrected chi connectivity index (χ1v) is 8.79. The van der Waals surface area contributed by atoms with Crippen LogP contribution < -0.4 is 4.74 Å². The van der Waals surface area contributed by atoms with Gasteiger partial charge in [-0.2, -0.15) is 0 Å². The van der Waals surface area contributed by atoms with Crippen LogP contribution in [0.5, 0.6) is 5.75 Å². The van der Waals surface area contributed by atoms with E-state index in [9.17, 15) is 4.79 Å². The summed E-state index contributed by atoms with van der Waals surface area (Å²) >= 11 is 0. The molecule has 2 aliphatic rings. The fourth-order valence-corrected chi connectivity index (χ4v) is 3.60. The lowest BCUT2D eigenvalue weighted by Gasteiger charge is -2.35. The number of rotatable bonds is 3. The van der Waals surface area contributed by atoms with Gasteiger partial charge >= 0.3 is 0 Å². The van der Waals surface area contributed by atoms with Crippen molar-refractivity contribution in [3.8, 4) is 5.75 Å². The van der Waals surface area contributed by atoms with Crippen molar-refractivity contribution < 1.29 is 14.1 Å². The van der Waals surface area contributed by atoms with E-state index in [1.807, 2.05) is 43.0 Å². The number of carbonyl (C=O) groups excluding carboxylic acids is 1. The highest BCUT2D eigenvalue weighted by Crippen LogP contribution is 2.29. The van der Waals surface area contributed by atoms with Gasteiger partial charge in [-0.05, 0) is 25.5 Å². The maximum absolute atomic E-state index is 12.8. The quantitative estimate of drug-likeness (QED) is 0.854. The Bertz CT molecular complexity index is 733. The number of aromatic nitrogens is 1. The van der Waals surface area contributed by atoms with Gasteiger partial charge in [-0.25, -0.2) is 0 Å². The summed E-state index contributed by atoms with van der Waals surface area (Å²) < 4.78 is 11.1. The van der Waals surface area contributed by atoms with Crippen LogP contribution in [0.4, 0.5) is 0 Å². The number of fused-ring (bicyclic) bond motifs is 1. The van der Waals surface area contributed by atoms with Gasteiger partial charge < -0.3 is 14.2 Å². The zero-order valence-electron chi connectivity index (χ0n) is 14.7. The second kappa shape index (κ2) is 6.52. The Morgan fingerprint density at radius 2 is 1.96 bits per heavy atom. The fourth-order valence-electron chi connectivity index (χ4n) is 3.60. The van der Waals surface area contributed by atoms with Crippen LogP contribution in [0.3, 0.4) is 0 Å². The highest BCUT2D eigenvalue weighted by molar-refractivity contribution is 5.82. The van der Waals surface area contributed by atoms with Crippen LogP contribution in [-0.4, -0.2) is 53.1 Å². The summed E-state index contributed by atoms with van der Waals surface area (Å²) in [5, 5.41) is 4.01. The number of piperazine rings is 1. The predicted octanol–water partition coefficient (Wildman–Crippen LogP) is 1.94. The molecule has 25 heavy (non-hydrogen) atoms. The van der Waals surface area contributed by atoms with E-state index in [0.717, 1.165) is 61.1 Å². The number of para-hydroxylation sites is 1. The smallest absolute Gasteiger partial charge is 0.264 e. The third kappa shape index (κ3) is 3.14. The molecule has 6 heteroatoms. The van der Waals surface area contributed by atoms with Crippen LogP contribution in [0, 0.1) is 13.8 Å². The number of ether oxygens (including phenoxy) is 1. The Balaban J connectivity index is 1.32. The van der Waals surface area contributed by atoms with E-state index in [-0.39, 0.29) is 12.0 Å². The minimum absolute atomic E-state index is 0.105. The molecule has 1 fully saturated rings. The highest BCUT2D eigenvalue weighted by atomic mass is 16.5. The van der Waals surface area contributed by atoms with Crippen molar-refractivity contribution in [2.45, 2.75) is 32.9 Å². The van der Waals surface area contributed by atoms with Crippen LogP contribution in [0.25, 0.3) is 0 Å². The maximum atomic E-state index is 12.8. The van der Waals surface area contributed by atoms with Gasteiger partial charge in [0, 0.05) is 44.7 Å². The highest BCUT2D eigenvalue weighted by Gasteiger charge is 2.33. The molecular formula is C19H23N3O3. The van der Waals surface area contributed by atoms with Crippen LogP contribution >= 0.6 is 0 Å². The Hall–Kier alpha value is -2.34. The van der Waals surface area contributed by atoms with Crippen molar-refractivity contribution >= 4 is 5.91 Å². The number of hydrogen-bond acceptors (Lipinski definition) is 5. The van der Waals surface area contributed by atoms with Gasteiger partial charge in [0.1, 0.15) is 11.5 Å². The van der Waals surface area contributed by atoms with Gasteiger partial charge in [-0.1, -0.05) is 23.4 Å². The van der Waals surface area contributed by atoms with E-state index >= 15 is 0 Å². The minimum Gasteiger partial charge on any atom is -0.480 e. The SMILES string of the molecule is Cc1noc(C)c1CN1CCN(C(=O)[C@H]2Cc3ccccc3O2)CC1. The molecule has 6 nitrogen and oxygen atoms in total. The zero-order valence-corrected chi connectivity index (χ0v) is 14.7. The standard InChI is InChI=1S/C19H23N3O3/c1-13-16(14(2)25-20-13)12-21-7-9-22(10-8-21)19(23)18-11-15-5-3-4-6-17(15)24-18/h3-6,18H,7-12H2,1-2H3/t18-/m1/s1. The summed E-state index contributed by atoms with van der Waals surface area (Å²) in [5.74, 6) is 1.83. The van der Waals surface area contributed by atoms with Gasteiger partial charge in [-0.15, -0.1) is 0 Å². The molecule has 1 aromatic heterocycles. The van der Waals surface area contributed by atoms with E-state index in [1.165, 1.54) is 0 Å². The molecule has 2 aliphatic heterocycles. The van der Waals surface area contributed by atoms with Crippen molar-refractivity contribution in [2.24, 2.45) is 0 Å². The van der Waals surface area contributed by atoms with E-state index in [4.69, 9.17) is 9.26 Å².